The molecule has 0 atom stereocenters. The Hall–Kier alpha value is -2.50. The molecule has 2 aromatic rings. The summed E-state index contributed by atoms with van der Waals surface area (Å²) >= 11 is 0. The van der Waals surface area contributed by atoms with E-state index in [4.69, 9.17) is 9.47 Å². The van der Waals surface area contributed by atoms with E-state index in [9.17, 15) is 4.79 Å². The molecular formula is C16H18N2O4. The number of anilines is 1. The van der Waals surface area contributed by atoms with Crippen LogP contribution in [0.2, 0.25) is 0 Å². The zero-order valence-corrected chi connectivity index (χ0v) is 12.4. The van der Waals surface area contributed by atoms with Crippen LogP contribution in [0.25, 0.3) is 0 Å². The van der Waals surface area contributed by atoms with Crippen LogP contribution < -0.4 is 14.4 Å². The smallest absolute Gasteiger partial charge is 0.264 e. The summed E-state index contributed by atoms with van der Waals surface area (Å²) in [5, 5.41) is 3.64. The maximum atomic E-state index is 12.5. The maximum Gasteiger partial charge on any atom is 0.264 e. The molecule has 1 aliphatic rings. The Bertz CT molecular complexity index is 640. The number of nitrogens with zero attached hydrogens (tertiary/aromatic N) is 2. The van der Waals surface area contributed by atoms with E-state index >= 15 is 0 Å². The Morgan fingerprint density at radius 1 is 1.36 bits per heavy atom. The van der Waals surface area contributed by atoms with E-state index in [1.54, 1.807) is 18.1 Å². The zero-order valence-electron chi connectivity index (χ0n) is 12.4. The summed E-state index contributed by atoms with van der Waals surface area (Å²) in [6.07, 6.45) is 4.40. The van der Waals surface area contributed by atoms with Gasteiger partial charge in [-0.1, -0.05) is 6.07 Å². The normalized spacial score (nSPS) is 14.1. The van der Waals surface area contributed by atoms with Crippen LogP contribution in [0, 0.1) is 0 Å². The largest absolute Gasteiger partial charge is 0.497 e. The summed E-state index contributed by atoms with van der Waals surface area (Å²) in [5.74, 6) is 0.962. The summed E-state index contributed by atoms with van der Waals surface area (Å²) in [6.45, 7) is 0.615. The van der Waals surface area contributed by atoms with Crippen LogP contribution in [0.4, 0.5) is 5.69 Å². The highest BCUT2D eigenvalue weighted by molar-refractivity contribution is 5.95. The summed E-state index contributed by atoms with van der Waals surface area (Å²) < 4.78 is 15.3. The lowest BCUT2D eigenvalue weighted by atomic mass is 10.1. The Labute approximate surface area is 128 Å². The van der Waals surface area contributed by atoms with Gasteiger partial charge in [-0.3, -0.25) is 4.79 Å². The van der Waals surface area contributed by atoms with Crippen molar-refractivity contribution in [1.82, 2.24) is 5.16 Å². The summed E-state index contributed by atoms with van der Waals surface area (Å²) in [4.78, 5) is 14.3. The number of hydrogen-bond donors (Lipinski definition) is 0. The third kappa shape index (κ3) is 3.05. The number of ether oxygens (including phenoxy) is 2. The first kappa shape index (κ1) is 14.4. The predicted octanol–water partition coefficient (Wildman–Crippen LogP) is 2.43. The van der Waals surface area contributed by atoms with Gasteiger partial charge in [0.1, 0.15) is 12.0 Å². The van der Waals surface area contributed by atoms with Crippen LogP contribution in [0.5, 0.6) is 11.6 Å². The topological polar surface area (TPSA) is 64.8 Å². The van der Waals surface area contributed by atoms with Crippen molar-refractivity contribution in [2.24, 2.45) is 0 Å². The minimum absolute atomic E-state index is 0.0663. The summed E-state index contributed by atoms with van der Waals surface area (Å²) in [6, 6.07) is 7.44. The van der Waals surface area contributed by atoms with Gasteiger partial charge in [-0.2, -0.15) is 0 Å². The number of aromatic nitrogens is 1. The lowest BCUT2D eigenvalue weighted by molar-refractivity contribution is -0.120. The maximum absolute atomic E-state index is 12.5. The number of amides is 1. The fourth-order valence-corrected chi connectivity index (χ4v) is 2.59. The van der Waals surface area contributed by atoms with Gasteiger partial charge in [-0.25, -0.2) is 0 Å². The first-order valence-corrected chi connectivity index (χ1v) is 7.28. The molecule has 3 rings (SSSR count). The molecule has 22 heavy (non-hydrogen) atoms. The van der Waals surface area contributed by atoms with Crippen LogP contribution in [-0.2, 0) is 11.2 Å². The molecule has 0 radical (unpaired) electrons. The van der Waals surface area contributed by atoms with E-state index in [2.05, 4.69) is 9.68 Å². The van der Waals surface area contributed by atoms with Crippen LogP contribution in [0.15, 0.2) is 35.1 Å². The van der Waals surface area contributed by atoms with Crippen molar-refractivity contribution in [3.05, 3.63) is 36.1 Å². The van der Waals surface area contributed by atoms with Crippen molar-refractivity contribution in [2.45, 2.75) is 19.3 Å². The van der Waals surface area contributed by atoms with Crippen molar-refractivity contribution >= 4 is 11.6 Å². The molecule has 0 unspecified atom stereocenters. The second-order valence-corrected chi connectivity index (χ2v) is 5.12. The molecular weight excluding hydrogens is 284 g/mol. The summed E-state index contributed by atoms with van der Waals surface area (Å²) in [5.41, 5.74) is 2.07. The molecule has 0 spiro atoms. The molecule has 0 bridgehead atoms. The van der Waals surface area contributed by atoms with Gasteiger partial charge in [0, 0.05) is 18.7 Å². The van der Waals surface area contributed by atoms with Gasteiger partial charge in [-0.05, 0) is 36.0 Å². The number of benzene rings is 1. The van der Waals surface area contributed by atoms with Gasteiger partial charge < -0.3 is 18.9 Å². The molecule has 0 N–H and O–H groups in total. The van der Waals surface area contributed by atoms with Crippen LogP contribution in [0.3, 0.4) is 0 Å². The van der Waals surface area contributed by atoms with Gasteiger partial charge >= 0.3 is 0 Å². The fraction of sp³-hybridized carbons (Fsp3) is 0.375. The Kier molecular flexibility index (Phi) is 4.27. The van der Waals surface area contributed by atoms with Crippen LogP contribution in [-0.4, -0.2) is 31.3 Å². The molecule has 6 heteroatoms. The molecule has 6 nitrogen and oxygen atoms in total. The average Bonchev–Trinajstić information content (AvgIpc) is 2.97. The standard InChI is InChI=1S/C16H18N2O4/c1-20-13-6-5-12-4-2-3-8-18(14(12)10-13)16(19)11-21-15-7-9-22-17-15/h5-7,9-10H,2-4,8,11H2,1H3. The highest BCUT2D eigenvalue weighted by atomic mass is 16.5. The fourth-order valence-electron chi connectivity index (χ4n) is 2.59. The quantitative estimate of drug-likeness (QED) is 0.868. The number of rotatable bonds is 4. The van der Waals surface area contributed by atoms with Crippen molar-refractivity contribution in [2.75, 3.05) is 25.2 Å². The molecule has 1 aliphatic heterocycles. The van der Waals surface area contributed by atoms with E-state index in [0.29, 0.717) is 12.4 Å². The van der Waals surface area contributed by atoms with Gasteiger partial charge in [0.2, 0.25) is 0 Å². The SMILES string of the molecule is COc1ccc2c(c1)N(C(=O)COc1ccon1)CCCC2. The molecule has 1 amide bonds. The highest BCUT2D eigenvalue weighted by Gasteiger charge is 2.22. The van der Waals surface area contributed by atoms with E-state index in [0.717, 1.165) is 36.3 Å². The third-order valence-electron chi connectivity index (χ3n) is 3.72. The number of carbonyl (C=O) groups excluding carboxylic acids is 1. The second kappa shape index (κ2) is 6.51. The lowest BCUT2D eigenvalue weighted by Gasteiger charge is -2.23. The van der Waals surface area contributed by atoms with Gasteiger partial charge in [0.25, 0.3) is 11.8 Å². The minimum atomic E-state index is -0.0978. The Morgan fingerprint density at radius 2 is 2.27 bits per heavy atom. The number of aryl methyl sites for hydroxylation is 1. The molecule has 0 aliphatic carbocycles. The first-order valence-electron chi connectivity index (χ1n) is 7.28. The van der Waals surface area contributed by atoms with Gasteiger partial charge in [-0.15, -0.1) is 0 Å². The summed E-state index contributed by atoms with van der Waals surface area (Å²) in [7, 11) is 1.62. The lowest BCUT2D eigenvalue weighted by Crippen LogP contribution is -2.35. The zero-order chi connectivity index (χ0) is 15.4. The van der Waals surface area contributed by atoms with E-state index in [1.165, 1.54) is 6.26 Å². The predicted molar refractivity (Wildman–Crippen MR) is 80.3 cm³/mol. The number of hydrogen-bond acceptors (Lipinski definition) is 5. The first-order chi connectivity index (χ1) is 10.8. The van der Waals surface area contributed by atoms with E-state index in [-0.39, 0.29) is 12.5 Å². The Morgan fingerprint density at radius 3 is 3.05 bits per heavy atom. The van der Waals surface area contributed by atoms with Crippen molar-refractivity contribution in [1.29, 1.82) is 0 Å². The highest BCUT2D eigenvalue weighted by Crippen LogP contribution is 2.30. The molecule has 2 heterocycles. The van der Waals surface area contributed by atoms with Crippen LogP contribution >= 0.6 is 0 Å². The van der Waals surface area contributed by atoms with Crippen molar-refractivity contribution in [3.8, 4) is 11.6 Å². The molecule has 116 valence electrons. The average molecular weight is 302 g/mol. The number of methoxy groups -OCH3 is 1. The monoisotopic (exact) mass is 302 g/mol. The molecule has 1 aromatic heterocycles. The van der Waals surface area contributed by atoms with Crippen LogP contribution in [0.1, 0.15) is 18.4 Å². The molecule has 0 saturated carbocycles. The van der Waals surface area contributed by atoms with Crippen molar-refractivity contribution in [3.63, 3.8) is 0 Å². The van der Waals surface area contributed by atoms with Crippen molar-refractivity contribution < 1.29 is 18.8 Å². The van der Waals surface area contributed by atoms with Gasteiger partial charge in [0.05, 0.1) is 12.8 Å². The van der Waals surface area contributed by atoms with E-state index < -0.39 is 0 Å². The second-order valence-electron chi connectivity index (χ2n) is 5.12. The molecule has 0 saturated heterocycles. The number of fused-ring (bicyclic) bond motifs is 1. The molecule has 0 fully saturated rings. The third-order valence-corrected chi connectivity index (χ3v) is 3.72. The molecule has 1 aromatic carbocycles. The Balaban J connectivity index is 1.79. The van der Waals surface area contributed by atoms with Gasteiger partial charge in [0.15, 0.2) is 6.61 Å². The van der Waals surface area contributed by atoms with E-state index in [1.807, 2.05) is 18.2 Å². The number of carbonyl (C=O) groups is 1. The minimum Gasteiger partial charge on any atom is -0.497 e.